The molecule has 2 N–H and O–H groups in total. The zero-order valence-electron chi connectivity index (χ0n) is 10.1. The number of halogens is 1. The molecule has 100 valence electrons. The fourth-order valence-electron chi connectivity index (χ4n) is 1.79. The molecule has 0 amide bonds. The van der Waals surface area contributed by atoms with E-state index < -0.39 is 15.6 Å². The summed E-state index contributed by atoms with van der Waals surface area (Å²) in [6.45, 7) is 1.73. The Morgan fingerprint density at radius 2 is 1.94 bits per heavy atom. The van der Waals surface area contributed by atoms with E-state index >= 15 is 0 Å². The van der Waals surface area contributed by atoms with Crippen molar-refractivity contribution in [2.45, 2.75) is 30.3 Å². The van der Waals surface area contributed by atoms with E-state index in [2.05, 4.69) is 20.7 Å². The predicted octanol–water partition coefficient (Wildman–Crippen LogP) is 1.89. The minimum absolute atomic E-state index is 0.0517. The molecule has 1 aliphatic carbocycles. The van der Waals surface area contributed by atoms with Crippen molar-refractivity contribution in [3.63, 3.8) is 0 Å². The summed E-state index contributed by atoms with van der Waals surface area (Å²) in [5, 5.41) is 10.1. The van der Waals surface area contributed by atoms with Gasteiger partial charge in [0.1, 0.15) is 0 Å². The van der Waals surface area contributed by atoms with Crippen LogP contribution >= 0.6 is 15.9 Å². The lowest BCUT2D eigenvalue weighted by molar-refractivity contribution is 0.0422. The van der Waals surface area contributed by atoms with Crippen LogP contribution in [-0.4, -0.2) is 25.7 Å². The van der Waals surface area contributed by atoms with Crippen molar-refractivity contribution in [1.29, 1.82) is 0 Å². The van der Waals surface area contributed by atoms with Gasteiger partial charge in [-0.1, -0.05) is 15.9 Å². The lowest BCUT2D eigenvalue weighted by Crippen LogP contribution is -2.42. The molecule has 0 radical (unpaired) electrons. The molecule has 0 aliphatic heterocycles. The smallest absolute Gasteiger partial charge is 0.240 e. The van der Waals surface area contributed by atoms with Crippen LogP contribution in [-0.2, 0) is 10.0 Å². The van der Waals surface area contributed by atoms with Crippen LogP contribution in [0.4, 0.5) is 0 Å². The summed E-state index contributed by atoms with van der Waals surface area (Å²) in [5.41, 5.74) is -0.956. The van der Waals surface area contributed by atoms with E-state index in [0.717, 1.165) is 17.3 Å². The van der Waals surface area contributed by atoms with Gasteiger partial charge in [0.15, 0.2) is 0 Å². The number of nitrogens with one attached hydrogen (secondary N) is 1. The van der Waals surface area contributed by atoms with E-state index in [4.69, 9.17) is 0 Å². The quantitative estimate of drug-likeness (QED) is 0.864. The number of rotatable bonds is 5. The van der Waals surface area contributed by atoms with Gasteiger partial charge in [-0.2, -0.15) is 0 Å². The molecule has 0 heterocycles. The lowest BCUT2D eigenvalue weighted by Gasteiger charge is -2.23. The van der Waals surface area contributed by atoms with Gasteiger partial charge in [-0.3, -0.25) is 0 Å². The first-order valence-electron chi connectivity index (χ1n) is 5.79. The standard InChI is InChI=1S/C12H16BrNO3S/c1-12(15,9-2-3-9)8-14-18(16,17)11-6-4-10(13)5-7-11/h4-7,9,14-15H,2-3,8H2,1H3/t12-/m0/s1. The second kappa shape index (κ2) is 4.92. The Morgan fingerprint density at radius 3 is 2.44 bits per heavy atom. The number of hydrogen-bond acceptors (Lipinski definition) is 3. The Hall–Kier alpha value is -0.430. The number of sulfonamides is 1. The van der Waals surface area contributed by atoms with Gasteiger partial charge in [0.2, 0.25) is 10.0 Å². The zero-order valence-corrected chi connectivity index (χ0v) is 12.5. The first-order valence-corrected chi connectivity index (χ1v) is 8.06. The maximum atomic E-state index is 12.0. The molecule has 2 rings (SSSR count). The van der Waals surface area contributed by atoms with Crippen LogP contribution in [0.15, 0.2) is 33.6 Å². The average molecular weight is 334 g/mol. The number of hydrogen-bond donors (Lipinski definition) is 2. The van der Waals surface area contributed by atoms with Crippen molar-refractivity contribution in [2.75, 3.05) is 6.54 Å². The first-order chi connectivity index (χ1) is 8.31. The van der Waals surface area contributed by atoms with Gasteiger partial charge in [-0.25, -0.2) is 13.1 Å². The maximum absolute atomic E-state index is 12.0. The van der Waals surface area contributed by atoms with Crippen LogP contribution in [0.3, 0.4) is 0 Å². The van der Waals surface area contributed by atoms with Crippen LogP contribution in [0.25, 0.3) is 0 Å². The van der Waals surface area contributed by atoms with Gasteiger partial charge in [0, 0.05) is 11.0 Å². The molecule has 6 heteroatoms. The van der Waals surface area contributed by atoms with Crippen LogP contribution in [0, 0.1) is 5.92 Å². The zero-order chi connectivity index (χ0) is 13.4. The lowest BCUT2D eigenvalue weighted by atomic mass is 10.0. The average Bonchev–Trinajstić information content (AvgIpc) is 3.11. The van der Waals surface area contributed by atoms with Gasteiger partial charge in [0.05, 0.1) is 10.5 Å². The topological polar surface area (TPSA) is 66.4 Å². The van der Waals surface area contributed by atoms with Crippen LogP contribution in [0.2, 0.25) is 0 Å². The number of aliphatic hydroxyl groups is 1. The fraction of sp³-hybridized carbons (Fsp3) is 0.500. The Morgan fingerprint density at radius 1 is 1.39 bits per heavy atom. The third-order valence-corrected chi connectivity index (χ3v) is 5.15. The highest BCUT2D eigenvalue weighted by atomic mass is 79.9. The van der Waals surface area contributed by atoms with Crippen molar-refractivity contribution in [2.24, 2.45) is 5.92 Å². The Balaban J connectivity index is 2.05. The summed E-state index contributed by atoms with van der Waals surface area (Å²) in [6.07, 6.45) is 1.93. The van der Waals surface area contributed by atoms with Crippen LogP contribution < -0.4 is 4.72 Å². The maximum Gasteiger partial charge on any atom is 0.240 e. The van der Waals surface area contributed by atoms with Crippen molar-refractivity contribution in [3.8, 4) is 0 Å². The molecule has 0 aromatic heterocycles. The normalized spacial score (nSPS) is 19.5. The molecule has 0 bridgehead atoms. The Labute approximate surface area is 116 Å². The van der Waals surface area contributed by atoms with Crippen molar-refractivity contribution in [1.82, 2.24) is 4.72 Å². The highest BCUT2D eigenvalue weighted by molar-refractivity contribution is 9.10. The van der Waals surface area contributed by atoms with E-state index in [-0.39, 0.29) is 17.4 Å². The second-order valence-corrected chi connectivity index (χ2v) is 7.59. The molecule has 18 heavy (non-hydrogen) atoms. The van der Waals surface area contributed by atoms with Gasteiger partial charge >= 0.3 is 0 Å². The molecule has 1 aromatic rings. The molecule has 1 saturated carbocycles. The van der Waals surface area contributed by atoms with E-state index in [1.165, 1.54) is 12.1 Å². The largest absolute Gasteiger partial charge is 0.389 e. The molecule has 1 atom stereocenters. The highest BCUT2D eigenvalue weighted by Crippen LogP contribution is 2.39. The van der Waals surface area contributed by atoms with Crippen molar-refractivity contribution in [3.05, 3.63) is 28.7 Å². The van der Waals surface area contributed by atoms with Gasteiger partial charge in [0.25, 0.3) is 0 Å². The predicted molar refractivity (Wildman–Crippen MR) is 72.7 cm³/mol. The first kappa shape index (κ1) is 14.0. The second-order valence-electron chi connectivity index (χ2n) is 4.91. The third-order valence-electron chi connectivity index (χ3n) is 3.20. The van der Waals surface area contributed by atoms with E-state index in [1.807, 2.05) is 0 Å². The van der Waals surface area contributed by atoms with Crippen molar-refractivity contribution >= 4 is 26.0 Å². The Bertz CT molecular complexity index is 521. The van der Waals surface area contributed by atoms with E-state index in [0.29, 0.717) is 0 Å². The highest BCUT2D eigenvalue weighted by Gasteiger charge is 2.40. The fourth-order valence-corrected chi connectivity index (χ4v) is 3.20. The van der Waals surface area contributed by atoms with Crippen molar-refractivity contribution < 1.29 is 13.5 Å². The Kier molecular flexibility index (Phi) is 3.82. The molecule has 0 spiro atoms. The van der Waals surface area contributed by atoms with Crippen LogP contribution in [0.1, 0.15) is 19.8 Å². The number of benzene rings is 1. The monoisotopic (exact) mass is 333 g/mol. The van der Waals surface area contributed by atoms with E-state index in [9.17, 15) is 13.5 Å². The summed E-state index contributed by atoms with van der Waals surface area (Å²) >= 11 is 3.26. The minimum atomic E-state index is -3.55. The van der Waals surface area contributed by atoms with Gasteiger partial charge < -0.3 is 5.11 Å². The molecule has 0 unspecified atom stereocenters. The molecular weight excluding hydrogens is 318 g/mol. The summed E-state index contributed by atoms with van der Waals surface area (Å²) in [5.74, 6) is 0.213. The molecule has 1 fully saturated rings. The summed E-state index contributed by atoms with van der Waals surface area (Å²) in [4.78, 5) is 0.206. The minimum Gasteiger partial charge on any atom is -0.389 e. The SMILES string of the molecule is C[C@](O)(CNS(=O)(=O)c1ccc(Br)cc1)C1CC1. The molecule has 4 nitrogen and oxygen atoms in total. The molecule has 0 saturated heterocycles. The van der Waals surface area contributed by atoms with E-state index in [1.54, 1.807) is 19.1 Å². The van der Waals surface area contributed by atoms with Gasteiger partial charge in [-0.05, 0) is 49.9 Å². The summed E-state index contributed by atoms with van der Waals surface area (Å²) in [6, 6.07) is 6.40. The molecule has 1 aliphatic rings. The molecule has 1 aromatic carbocycles. The summed E-state index contributed by atoms with van der Waals surface area (Å²) < 4.78 is 27.3. The third kappa shape index (κ3) is 3.32. The summed E-state index contributed by atoms with van der Waals surface area (Å²) in [7, 11) is -3.55. The van der Waals surface area contributed by atoms with Crippen LogP contribution in [0.5, 0.6) is 0 Å². The van der Waals surface area contributed by atoms with Gasteiger partial charge in [-0.15, -0.1) is 0 Å². The molecular formula is C12H16BrNO3S.